The number of nitrogens with zero attached hydrogens (tertiary/aromatic N) is 2. The molecule has 1 aromatic carbocycles. The minimum absolute atomic E-state index is 0.0650. The van der Waals surface area contributed by atoms with Gasteiger partial charge in [-0.3, -0.25) is 9.36 Å². The maximum atomic E-state index is 12.7. The van der Waals surface area contributed by atoms with Crippen molar-refractivity contribution in [1.29, 1.82) is 0 Å². The molecular weight excluding hydrogens is 320 g/mol. The highest BCUT2D eigenvalue weighted by Gasteiger charge is 2.28. The van der Waals surface area contributed by atoms with Crippen molar-refractivity contribution in [3.05, 3.63) is 38.3 Å². The Morgan fingerprint density at radius 2 is 2.10 bits per heavy atom. The third-order valence-corrected chi connectivity index (χ3v) is 5.20. The van der Waals surface area contributed by atoms with Crippen LogP contribution in [0.25, 0.3) is 10.9 Å². The van der Waals surface area contributed by atoms with Gasteiger partial charge in [0.25, 0.3) is 5.56 Å². The summed E-state index contributed by atoms with van der Waals surface area (Å²) in [6.07, 6.45) is 3.69. The van der Waals surface area contributed by atoms with E-state index in [0.29, 0.717) is 5.39 Å². The summed E-state index contributed by atoms with van der Waals surface area (Å²) >= 11 is 3.50. The van der Waals surface area contributed by atoms with E-state index in [9.17, 15) is 9.90 Å². The van der Waals surface area contributed by atoms with Gasteiger partial charge in [-0.15, -0.1) is 0 Å². The van der Waals surface area contributed by atoms with Gasteiger partial charge in [0.15, 0.2) is 0 Å². The molecule has 1 aliphatic rings. The van der Waals surface area contributed by atoms with Gasteiger partial charge < -0.3 is 5.11 Å². The number of fused-ring (bicyclic) bond motifs is 1. The molecule has 0 saturated heterocycles. The summed E-state index contributed by atoms with van der Waals surface area (Å²) in [7, 11) is 0. The minimum atomic E-state index is -0.443. The number of hydrogen-bond acceptors (Lipinski definition) is 3. The molecular formula is C15H17BrN2O2. The van der Waals surface area contributed by atoms with Gasteiger partial charge in [-0.05, 0) is 50.3 Å². The van der Waals surface area contributed by atoms with E-state index in [1.165, 1.54) is 0 Å². The number of hydrogen-bond donors (Lipinski definition) is 1. The van der Waals surface area contributed by atoms with E-state index in [4.69, 9.17) is 0 Å². The average molecular weight is 337 g/mol. The predicted octanol–water partition coefficient (Wildman–Crippen LogP) is 2.86. The fraction of sp³-hybridized carbons (Fsp3) is 0.467. The van der Waals surface area contributed by atoms with E-state index in [-0.39, 0.29) is 11.6 Å². The van der Waals surface area contributed by atoms with Crippen molar-refractivity contribution in [2.75, 3.05) is 0 Å². The number of aliphatic hydroxyl groups is 1. The molecule has 5 heteroatoms. The lowest BCUT2D eigenvalue weighted by Gasteiger charge is -2.18. The number of aromatic nitrogens is 2. The van der Waals surface area contributed by atoms with Crippen LogP contribution in [0.4, 0.5) is 0 Å². The van der Waals surface area contributed by atoms with Gasteiger partial charge in [-0.1, -0.05) is 15.9 Å². The molecule has 1 saturated carbocycles. The molecule has 1 N–H and O–H groups in total. The molecule has 2 unspecified atom stereocenters. The Bertz CT molecular complexity index is 739. The van der Waals surface area contributed by atoms with E-state index in [0.717, 1.165) is 40.4 Å². The maximum absolute atomic E-state index is 12.7. The van der Waals surface area contributed by atoms with Gasteiger partial charge in [0, 0.05) is 4.47 Å². The standard InChI is InChI=1S/C15H17BrN2O2/c1-8-9(2)14-10(6-11(8)16)15(20)18(7-17-14)12-4-3-5-13(12)19/h6-7,12-13,19H,3-5H2,1-2H3. The Morgan fingerprint density at radius 1 is 1.35 bits per heavy atom. The van der Waals surface area contributed by atoms with Crippen molar-refractivity contribution in [2.24, 2.45) is 0 Å². The summed E-state index contributed by atoms with van der Waals surface area (Å²) in [6.45, 7) is 3.98. The van der Waals surface area contributed by atoms with Crippen LogP contribution in [-0.2, 0) is 0 Å². The SMILES string of the molecule is Cc1c(Br)cc2c(=O)n(C3CCCC3O)cnc2c1C. The molecule has 0 spiro atoms. The lowest BCUT2D eigenvalue weighted by Crippen LogP contribution is -2.29. The predicted molar refractivity (Wildman–Crippen MR) is 82.1 cm³/mol. The first kappa shape index (κ1) is 13.8. The molecule has 0 amide bonds. The van der Waals surface area contributed by atoms with Crippen LogP contribution in [-0.4, -0.2) is 20.8 Å². The summed E-state index contributed by atoms with van der Waals surface area (Å²) < 4.78 is 2.52. The first-order valence-corrected chi connectivity index (χ1v) is 7.64. The van der Waals surface area contributed by atoms with Crippen LogP contribution >= 0.6 is 15.9 Å². The zero-order valence-electron chi connectivity index (χ0n) is 11.6. The molecule has 1 aliphatic carbocycles. The first-order chi connectivity index (χ1) is 9.50. The van der Waals surface area contributed by atoms with Crippen LogP contribution in [0.1, 0.15) is 36.4 Å². The van der Waals surface area contributed by atoms with E-state index >= 15 is 0 Å². The van der Waals surface area contributed by atoms with Crippen molar-refractivity contribution < 1.29 is 5.11 Å². The Balaban J connectivity index is 2.26. The van der Waals surface area contributed by atoms with Crippen LogP contribution < -0.4 is 5.56 Å². The normalized spacial score (nSPS) is 22.6. The first-order valence-electron chi connectivity index (χ1n) is 6.85. The van der Waals surface area contributed by atoms with Gasteiger partial charge in [0.2, 0.25) is 0 Å². The highest BCUT2D eigenvalue weighted by atomic mass is 79.9. The Morgan fingerprint density at radius 3 is 2.75 bits per heavy atom. The molecule has 106 valence electrons. The van der Waals surface area contributed by atoms with Crippen LogP contribution in [0.15, 0.2) is 21.7 Å². The number of aliphatic hydroxyl groups excluding tert-OH is 1. The summed E-state index contributed by atoms with van der Waals surface area (Å²) in [5.41, 5.74) is 2.80. The minimum Gasteiger partial charge on any atom is -0.391 e. The van der Waals surface area contributed by atoms with Gasteiger partial charge in [-0.25, -0.2) is 4.98 Å². The average Bonchev–Trinajstić information content (AvgIpc) is 2.84. The monoisotopic (exact) mass is 336 g/mol. The highest BCUT2D eigenvalue weighted by molar-refractivity contribution is 9.10. The van der Waals surface area contributed by atoms with Crippen LogP contribution in [0.3, 0.4) is 0 Å². The molecule has 0 aliphatic heterocycles. The van der Waals surface area contributed by atoms with Gasteiger partial charge >= 0.3 is 0 Å². The molecule has 2 aromatic rings. The van der Waals surface area contributed by atoms with Crippen LogP contribution in [0.5, 0.6) is 0 Å². The van der Waals surface area contributed by atoms with E-state index in [1.54, 1.807) is 10.9 Å². The smallest absolute Gasteiger partial charge is 0.261 e. The Labute approximate surface area is 125 Å². The summed E-state index contributed by atoms with van der Waals surface area (Å²) in [5.74, 6) is 0. The summed E-state index contributed by atoms with van der Waals surface area (Å²) in [5, 5.41) is 10.6. The molecule has 0 bridgehead atoms. The van der Waals surface area contributed by atoms with Crippen LogP contribution in [0, 0.1) is 13.8 Å². The van der Waals surface area contributed by atoms with E-state index in [1.807, 2.05) is 19.9 Å². The number of aryl methyl sites for hydroxylation is 1. The van der Waals surface area contributed by atoms with E-state index < -0.39 is 6.10 Å². The topological polar surface area (TPSA) is 55.1 Å². The maximum Gasteiger partial charge on any atom is 0.261 e. The number of rotatable bonds is 1. The molecule has 4 nitrogen and oxygen atoms in total. The van der Waals surface area contributed by atoms with Crippen LogP contribution in [0.2, 0.25) is 0 Å². The fourth-order valence-electron chi connectivity index (χ4n) is 2.98. The molecule has 20 heavy (non-hydrogen) atoms. The number of halogens is 1. The summed E-state index contributed by atoms with van der Waals surface area (Å²) in [4.78, 5) is 17.1. The second kappa shape index (κ2) is 4.97. The zero-order valence-corrected chi connectivity index (χ0v) is 13.1. The Kier molecular flexibility index (Phi) is 3.42. The van der Waals surface area contributed by atoms with Crippen molar-refractivity contribution >= 4 is 26.8 Å². The number of benzene rings is 1. The molecule has 2 atom stereocenters. The summed E-state index contributed by atoms with van der Waals surface area (Å²) in [6, 6.07) is 1.70. The molecule has 0 radical (unpaired) electrons. The fourth-order valence-corrected chi connectivity index (χ4v) is 3.51. The molecule has 1 heterocycles. The van der Waals surface area contributed by atoms with Crippen molar-refractivity contribution in [3.8, 4) is 0 Å². The van der Waals surface area contributed by atoms with E-state index in [2.05, 4.69) is 20.9 Å². The highest BCUT2D eigenvalue weighted by Crippen LogP contribution is 2.30. The van der Waals surface area contributed by atoms with Gasteiger partial charge in [0.1, 0.15) is 0 Å². The largest absolute Gasteiger partial charge is 0.391 e. The molecule has 1 aromatic heterocycles. The van der Waals surface area contributed by atoms with Crippen molar-refractivity contribution in [2.45, 2.75) is 45.3 Å². The van der Waals surface area contributed by atoms with Crippen molar-refractivity contribution in [3.63, 3.8) is 0 Å². The third-order valence-electron chi connectivity index (χ3n) is 4.38. The molecule has 1 fully saturated rings. The molecule has 3 rings (SSSR count). The van der Waals surface area contributed by atoms with Crippen molar-refractivity contribution in [1.82, 2.24) is 9.55 Å². The lowest BCUT2D eigenvalue weighted by molar-refractivity contribution is 0.134. The third kappa shape index (κ3) is 2.00. The quantitative estimate of drug-likeness (QED) is 0.871. The zero-order chi connectivity index (χ0) is 14.4. The second-order valence-corrected chi connectivity index (χ2v) is 6.38. The Hall–Kier alpha value is -1.20. The second-order valence-electron chi connectivity index (χ2n) is 5.53. The van der Waals surface area contributed by atoms with Gasteiger partial charge in [-0.2, -0.15) is 0 Å². The van der Waals surface area contributed by atoms with Gasteiger partial charge in [0.05, 0.1) is 29.4 Å². The lowest BCUT2D eigenvalue weighted by atomic mass is 10.1.